The van der Waals surface area contributed by atoms with Crippen LogP contribution in [0.3, 0.4) is 0 Å². The molecule has 2 aromatic rings. The van der Waals surface area contributed by atoms with Gasteiger partial charge in [0.15, 0.2) is 4.34 Å². The van der Waals surface area contributed by atoms with E-state index < -0.39 is 11.7 Å². The Morgan fingerprint density at radius 1 is 1.29 bits per heavy atom. The number of rotatable bonds is 5. The fourth-order valence-corrected chi connectivity index (χ4v) is 3.25. The van der Waals surface area contributed by atoms with Crippen LogP contribution >= 0.6 is 23.1 Å². The van der Waals surface area contributed by atoms with Crippen LogP contribution in [0.1, 0.15) is 31.1 Å². The third kappa shape index (κ3) is 5.89. The summed E-state index contributed by atoms with van der Waals surface area (Å²) < 4.78 is 13.7. The molecule has 128 valence electrons. The summed E-state index contributed by atoms with van der Waals surface area (Å²) in [6.07, 6.45) is 0. The Balaban J connectivity index is 1.89. The molecule has 0 aliphatic carbocycles. The van der Waals surface area contributed by atoms with Crippen LogP contribution in [0.2, 0.25) is 0 Å². The molecule has 0 saturated carbocycles. The lowest BCUT2D eigenvalue weighted by Gasteiger charge is -2.19. The molecule has 6 nitrogen and oxygen atoms in total. The summed E-state index contributed by atoms with van der Waals surface area (Å²) >= 11 is 2.39. The number of carbonyl (C=O) groups is 2. The van der Waals surface area contributed by atoms with Gasteiger partial charge in [0, 0.05) is 11.1 Å². The summed E-state index contributed by atoms with van der Waals surface area (Å²) in [4.78, 5) is 23.7. The van der Waals surface area contributed by atoms with Crippen molar-refractivity contribution >= 4 is 40.0 Å². The summed E-state index contributed by atoms with van der Waals surface area (Å²) in [5, 5.41) is 13.5. The van der Waals surface area contributed by atoms with Crippen LogP contribution in [0.5, 0.6) is 0 Å². The van der Waals surface area contributed by atoms with Gasteiger partial charge in [0.1, 0.15) is 5.82 Å². The third-order valence-electron chi connectivity index (χ3n) is 2.55. The number of anilines is 1. The summed E-state index contributed by atoms with van der Waals surface area (Å²) in [5.74, 6) is -0.842. The first kappa shape index (κ1) is 18.3. The monoisotopic (exact) mass is 368 g/mol. The Kier molecular flexibility index (Phi) is 5.89. The van der Waals surface area contributed by atoms with Crippen molar-refractivity contribution < 1.29 is 14.0 Å². The van der Waals surface area contributed by atoms with Crippen molar-refractivity contribution in [3.8, 4) is 0 Å². The van der Waals surface area contributed by atoms with Crippen molar-refractivity contribution in [1.82, 2.24) is 15.5 Å². The Bertz CT molecular complexity index is 743. The van der Waals surface area contributed by atoms with Gasteiger partial charge in [-0.05, 0) is 39.0 Å². The number of halogens is 1. The first-order chi connectivity index (χ1) is 11.2. The van der Waals surface area contributed by atoms with Gasteiger partial charge in [-0.15, -0.1) is 10.2 Å². The summed E-state index contributed by atoms with van der Waals surface area (Å²) in [5.41, 5.74) is -0.0907. The lowest BCUT2D eigenvalue weighted by molar-refractivity contribution is -0.119. The van der Waals surface area contributed by atoms with E-state index in [1.54, 1.807) is 0 Å². The number of hydrogen-bond acceptors (Lipinski definition) is 6. The second kappa shape index (κ2) is 7.71. The fraction of sp³-hybridized carbons (Fsp3) is 0.333. The molecular formula is C15H17FN4O2S2. The maximum Gasteiger partial charge on any atom is 0.257 e. The van der Waals surface area contributed by atoms with Crippen molar-refractivity contribution in [1.29, 1.82) is 0 Å². The molecule has 2 N–H and O–H groups in total. The summed E-state index contributed by atoms with van der Waals surface area (Å²) in [6.45, 7) is 5.71. The SMILES string of the molecule is CC(C)(C)NC(=O)CSc1nnc(NC(=O)c2cccc(F)c2)s1. The van der Waals surface area contributed by atoms with E-state index in [0.717, 1.165) is 17.4 Å². The summed E-state index contributed by atoms with van der Waals surface area (Å²) in [6, 6.07) is 5.37. The molecule has 0 bridgehead atoms. The number of carbonyl (C=O) groups excluding carboxylic acids is 2. The van der Waals surface area contributed by atoms with Gasteiger partial charge >= 0.3 is 0 Å². The molecule has 1 aromatic heterocycles. The Labute approximate surface area is 147 Å². The van der Waals surface area contributed by atoms with E-state index in [1.165, 1.54) is 30.0 Å². The fourth-order valence-electron chi connectivity index (χ4n) is 1.70. The molecular weight excluding hydrogens is 351 g/mol. The molecule has 1 aromatic carbocycles. The molecule has 9 heteroatoms. The molecule has 0 aliphatic heterocycles. The largest absolute Gasteiger partial charge is 0.351 e. The maximum atomic E-state index is 13.1. The van der Waals surface area contributed by atoms with Gasteiger partial charge in [-0.1, -0.05) is 29.2 Å². The van der Waals surface area contributed by atoms with Crippen LogP contribution in [0.15, 0.2) is 28.6 Å². The summed E-state index contributed by atoms with van der Waals surface area (Å²) in [7, 11) is 0. The topological polar surface area (TPSA) is 84.0 Å². The normalized spacial score (nSPS) is 11.2. The lowest BCUT2D eigenvalue weighted by Crippen LogP contribution is -2.41. The van der Waals surface area contributed by atoms with Gasteiger partial charge in [-0.2, -0.15) is 0 Å². The van der Waals surface area contributed by atoms with Crippen molar-refractivity contribution in [2.24, 2.45) is 0 Å². The van der Waals surface area contributed by atoms with Crippen molar-refractivity contribution in [3.63, 3.8) is 0 Å². The molecule has 2 rings (SSSR count). The number of aromatic nitrogens is 2. The van der Waals surface area contributed by atoms with E-state index in [4.69, 9.17) is 0 Å². The second-order valence-electron chi connectivity index (χ2n) is 5.92. The van der Waals surface area contributed by atoms with Crippen molar-refractivity contribution in [2.75, 3.05) is 11.1 Å². The Morgan fingerprint density at radius 2 is 2.04 bits per heavy atom. The molecule has 0 unspecified atom stereocenters. The number of nitrogens with one attached hydrogen (secondary N) is 2. The first-order valence-electron chi connectivity index (χ1n) is 7.07. The van der Waals surface area contributed by atoms with Crippen molar-refractivity contribution in [2.45, 2.75) is 30.6 Å². The van der Waals surface area contributed by atoms with E-state index in [9.17, 15) is 14.0 Å². The van der Waals surface area contributed by atoms with Crippen LogP contribution < -0.4 is 10.6 Å². The molecule has 1 heterocycles. The number of benzene rings is 1. The van der Waals surface area contributed by atoms with Crippen LogP contribution in [0.25, 0.3) is 0 Å². The van der Waals surface area contributed by atoms with Gasteiger partial charge in [0.05, 0.1) is 5.75 Å². The van der Waals surface area contributed by atoms with E-state index in [2.05, 4.69) is 20.8 Å². The lowest BCUT2D eigenvalue weighted by atomic mass is 10.1. The zero-order valence-corrected chi connectivity index (χ0v) is 15.1. The molecule has 24 heavy (non-hydrogen) atoms. The van der Waals surface area contributed by atoms with Gasteiger partial charge in [-0.25, -0.2) is 4.39 Å². The maximum absolute atomic E-state index is 13.1. The molecule has 0 saturated heterocycles. The molecule has 2 amide bonds. The minimum Gasteiger partial charge on any atom is -0.351 e. The number of hydrogen-bond donors (Lipinski definition) is 2. The average molecular weight is 368 g/mol. The van der Waals surface area contributed by atoms with E-state index in [1.807, 2.05) is 20.8 Å². The van der Waals surface area contributed by atoms with Gasteiger partial charge in [0.25, 0.3) is 5.91 Å². The standard InChI is InChI=1S/C15H17FN4O2S2/c1-15(2,3)18-11(21)8-23-14-20-19-13(24-14)17-12(22)9-5-4-6-10(16)7-9/h4-7H,8H2,1-3H3,(H,18,21)(H,17,19,22). The van der Waals surface area contributed by atoms with Crippen LogP contribution in [0, 0.1) is 5.82 Å². The highest BCUT2D eigenvalue weighted by atomic mass is 32.2. The number of thioether (sulfide) groups is 1. The number of amides is 2. The van der Waals surface area contributed by atoms with Crippen LogP contribution in [-0.2, 0) is 4.79 Å². The van der Waals surface area contributed by atoms with E-state index in [0.29, 0.717) is 9.47 Å². The molecule has 0 atom stereocenters. The van der Waals surface area contributed by atoms with E-state index >= 15 is 0 Å². The Hall–Kier alpha value is -2.00. The van der Waals surface area contributed by atoms with Crippen LogP contribution in [-0.4, -0.2) is 33.3 Å². The predicted octanol–water partition coefficient (Wildman–Crippen LogP) is 2.94. The number of nitrogens with zero attached hydrogens (tertiary/aromatic N) is 2. The minimum atomic E-state index is -0.485. The molecule has 0 spiro atoms. The average Bonchev–Trinajstić information content (AvgIpc) is 2.91. The van der Waals surface area contributed by atoms with Crippen molar-refractivity contribution in [3.05, 3.63) is 35.6 Å². The molecule has 0 radical (unpaired) electrons. The molecule has 0 fully saturated rings. The first-order valence-corrected chi connectivity index (χ1v) is 8.87. The predicted molar refractivity (Wildman–Crippen MR) is 92.9 cm³/mol. The molecule has 0 aliphatic rings. The van der Waals surface area contributed by atoms with Gasteiger partial charge in [-0.3, -0.25) is 14.9 Å². The third-order valence-corrected chi connectivity index (χ3v) is 4.53. The highest BCUT2D eigenvalue weighted by Gasteiger charge is 2.15. The highest BCUT2D eigenvalue weighted by Crippen LogP contribution is 2.25. The highest BCUT2D eigenvalue weighted by molar-refractivity contribution is 8.01. The minimum absolute atomic E-state index is 0.104. The second-order valence-corrected chi connectivity index (χ2v) is 8.12. The van der Waals surface area contributed by atoms with Gasteiger partial charge < -0.3 is 5.32 Å². The zero-order valence-electron chi connectivity index (χ0n) is 13.4. The van der Waals surface area contributed by atoms with Gasteiger partial charge in [0.2, 0.25) is 11.0 Å². The Morgan fingerprint density at radius 3 is 2.71 bits per heavy atom. The van der Waals surface area contributed by atoms with E-state index in [-0.39, 0.29) is 22.8 Å². The quantitative estimate of drug-likeness (QED) is 0.626. The zero-order chi connectivity index (χ0) is 17.7. The van der Waals surface area contributed by atoms with Crippen LogP contribution in [0.4, 0.5) is 9.52 Å². The smallest absolute Gasteiger partial charge is 0.257 e.